The number of carboxylic acid groups (broad SMARTS) is 1. The Balaban J connectivity index is -0.000000107. The van der Waals surface area contributed by atoms with E-state index >= 15 is 0 Å². The summed E-state index contributed by atoms with van der Waals surface area (Å²) in [6, 6.07) is 0. The molecule has 0 aliphatic rings. The minimum atomic E-state index is -4.64. The third-order valence-electron chi connectivity index (χ3n) is 0.135. The van der Waals surface area contributed by atoms with Crippen LogP contribution in [0.1, 0.15) is 0 Å². The SMILES string of the molecule is O=C(O)CO.O=P(O)(O)O.[CaH2]. The van der Waals surface area contributed by atoms with Gasteiger partial charge in [0, 0.05) is 0 Å². The second-order valence-electron chi connectivity index (χ2n) is 1.07. The normalized spacial score (nSPS) is 8.73. The summed E-state index contributed by atoms with van der Waals surface area (Å²) in [6.07, 6.45) is 0. The Labute approximate surface area is 91.9 Å². The second-order valence-corrected chi connectivity index (χ2v) is 2.09. The van der Waals surface area contributed by atoms with E-state index in [4.69, 9.17) is 34.3 Å². The molecule has 66 valence electrons. The van der Waals surface area contributed by atoms with Crippen molar-refractivity contribution in [3.8, 4) is 0 Å². The first-order valence-corrected chi connectivity index (χ1v) is 3.45. The first-order valence-electron chi connectivity index (χ1n) is 1.88. The van der Waals surface area contributed by atoms with Crippen molar-refractivity contribution >= 4 is 51.5 Å². The van der Waals surface area contributed by atoms with Gasteiger partial charge in [-0.2, -0.15) is 0 Å². The number of aliphatic hydroxyl groups is 1. The van der Waals surface area contributed by atoms with Gasteiger partial charge < -0.3 is 24.9 Å². The van der Waals surface area contributed by atoms with Crippen molar-refractivity contribution < 1.29 is 34.3 Å². The zero-order valence-electron chi connectivity index (χ0n) is 4.71. The Morgan fingerprint density at radius 1 is 1.27 bits per heavy atom. The van der Waals surface area contributed by atoms with Crippen LogP contribution in [0.5, 0.6) is 0 Å². The molecule has 0 atom stereocenters. The van der Waals surface area contributed by atoms with Gasteiger partial charge in [0.2, 0.25) is 0 Å². The Bertz CT molecular complexity index is 131. The Hall–Kier alpha value is 0.800. The second kappa shape index (κ2) is 8.89. The van der Waals surface area contributed by atoms with E-state index in [2.05, 4.69) is 0 Å². The summed E-state index contributed by atoms with van der Waals surface area (Å²) in [6.45, 7) is -0.778. The van der Waals surface area contributed by atoms with E-state index in [0.29, 0.717) is 0 Å². The monoisotopic (exact) mass is 216 g/mol. The summed E-state index contributed by atoms with van der Waals surface area (Å²) in [5.41, 5.74) is 0. The van der Waals surface area contributed by atoms with Gasteiger partial charge in [-0.3, -0.25) is 0 Å². The molecule has 0 spiro atoms. The van der Waals surface area contributed by atoms with E-state index in [1.807, 2.05) is 0 Å². The molecule has 5 N–H and O–H groups in total. The van der Waals surface area contributed by atoms with Crippen LogP contribution >= 0.6 is 7.82 Å². The predicted octanol–water partition coefficient (Wildman–Crippen LogP) is -2.78. The van der Waals surface area contributed by atoms with E-state index < -0.39 is 20.4 Å². The van der Waals surface area contributed by atoms with Gasteiger partial charge in [-0.05, 0) is 0 Å². The van der Waals surface area contributed by atoms with E-state index in [1.54, 1.807) is 0 Å². The van der Waals surface area contributed by atoms with E-state index in [0.717, 1.165) is 0 Å². The van der Waals surface area contributed by atoms with Gasteiger partial charge in [-0.15, -0.1) is 0 Å². The third kappa shape index (κ3) is 107. The topological polar surface area (TPSA) is 135 Å². The van der Waals surface area contributed by atoms with Crippen molar-refractivity contribution in [3.63, 3.8) is 0 Å². The number of carbonyl (C=O) groups is 1. The fourth-order valence-corrected chi connectivity index (χ4v) is 0. The predicted molar refractivity (Wildman–Crippen MR) is 37.5 cm³/mol. The van der Waals surface area contributed by atoms with Gasteiger partial charge >= 0.3 is 51.5 Å². The molecule has 0 aliphatic heterocycles. The number of hydrogen-bond donors (Lipinski definition) is 5. The molecule has 0 unspecified atom stereocenters. The molecule has 0 rings (SSSR count). The van der Waals surface area contributed by atoms with Crippen LogP contribution in [0.4, 0.5) is 0 Å². The summed E-state index contributed by atoms with van der Waals surface area (Å²) in [5.74, 6) is -1.19. The minimum absolute atomic E-state index is 0. The van der Waals surface area contributed by atoms with Gasteiger partial charge in [0.1, 0.15) is 6.61 Å². The van der Waals surface area contributed by atoms with Crippen molar-refractivity contribution in [1.82, 2.24) is 0 Å². The number of hydrogen-bond acceptors (Lipinski definition) is 3. The van der Waals surface area contributed by atoms with Crippen LogP contribution in [0.2, 0.25) is 0 Å². The zero-order chi connectivity index (χ0) is 8.78. The quantitative estimate of drug-likeness (QED) is 0.236. The molecule has 0 aromatic carbocycles. The molecular weight excluding hydrogens is 207 g/mol. The Morgan fingerprint density at radius 2 is 1.36 bits per heavy atom. The van der Waals surface area contributed by atoms with E-state index in [9.17, 15) is 0 Å². The van der Waals surface area contributed by atoms with Crippen molar-refractivity contribution in [3.05, 3.63) is 0 Å². The van der Waals surface area contributed by atoms with Gasteiger partial charge in [-0.1, -0.05) is 0 Å². The van der Waals surface area contributed by atoms with E-state index in [-0.39, 0.29) is 37.7 Å². The van der Waals surface area contributed by atoms with Crippen LogP contribution in [0.25, 0.3) is 0 Å². The molecule has 0 amide bonds. The van der Waals surface area contributed by atoms with Gasteiger partial charge in [0.15, 0.2) is 0 Å². The average molecular weight is 216 g/mol. The van der Waals surface area contributed by atoms with Crippen LogP contribution in [0, 0.1) is 0 Å². The number of phosphoric acid groups is 1. The molecule has 0 heterocycles. The van der Waals surface area contributed by atoms with Gasteiger partial charge in [0.05, 0.1) is 0 Å². The summed E-state index contributed by atoms with van der Waals surface area (Å²) in [4.78, 5) is 30.7. The maximum atomic E-state index is 9.12. The molecular formula is C2H9CaO7P. The molecule has 0 radical (unpaired) electrons. The van der Waals surface area contributed by atoms with Crippen LogP contribution < -0.4 is 0 Å². The standard InChI is InChI=1S/C2H4O3.Ca.H3O4P.2H/c3-1-2(4)5;;1-5(2,3)4;;/h3H,1H2,(H,4,5);;(H3,1,2,3,4);;. The summed E-state index contributed by atoms with van der Waals surface area (Å²) in [7, 11) is -4.64. The Morgan fingerprint density at radius 3 is 1.36 bits per heavy atom. The van der Waals surface area contributed by atoms with Crippen molar-refractivity contribution in [2.75, 3.05) is 6.61 Å². The van der Waals surface area contributed by atoms with Gasteiger partial charge in [-0.25, -0.2) is 9.36 Å². The van der Waals surface area contributed by atoms with Crippen LogP contribution in [-0.2, 0) is 9.36 Å². The molecule has 0 aromatic heterocycles. The van der Waals surface area contributed by atoms with E-state index in [1.165, 1.54) is 0 Å². The zero-order valence-corrected chi connectivity index (χ0v) is 5.60. The molecule has 0 aromatic rings. The summed E-state index contributed by atoms with van der Waals surface area (Å²) >= 11 is 0. The molecule has 0 bridgehead atoms. The first kappa shape index (κ1) is 17.8. The number of aliphatic carboxylic acids is 1. The maximum absolute atomic E-state index is 9.12. The van der Waals surface area contributed by atoms with Crippen LogP contribution in [-0.4, -0.2) is 75.2 Å². The molecule has 9 heteroatoms. The third-order valence-corrected chi connectivity index (χ3v) is 0.135. The van der Waals surface area contributed by atoms with Gasteiger partial charge in [0.25, 0.3) is 0 Å². The molecule has 11 heavy (non-hydrogen) atoms. The summed E-state index contributed by atoms with van der Waals surface area (Å²) in [5, 5.41) is 15.0. The fourth-order valence-electron chi connectivity index (χ4n) is 0. The number of rotatable bonds is 1. The van der Waals surface area contributed by atoms with Crippen molar-refractivity contribution in [2.45, 2.75) is 0 Å². The van der Waals surface area contributed by atoms with Crippen molar-refractivity contribution in [1.29, 1.82) is 0 Å². The average Bonchev–Trinajstić information content (AvgIpc) is 1.61. The van der Waals surface area contributed by atoms with Crippen LogP contribution in [0.3, 0.4) is 0 Å². The molecule has 0 fully saturated rings. The molecule has 0 aliphatic carbocycles. The number of aliphatic hydroxyl groups excluding tert-OH is 1. The molecule has 0 saturated carbocycles. The molecule has 0 saturated heterocycles. The van der Waals surface area contributed by atoms with Crippen LogP contribution in [0.15, 0.2) is 0 Å². The first-order chi connectivity index (χ1) is 4.27. The van der Waals surface area contributed by atoms with Crippen molar-refractivity contribution in [2.24, 2.45) is 0 Å². The number of carboxylic acids is 1. The fraction of sp³-hybridized carbons (Fsp3) is 0.500. The summed E-state index contributed by atoms with van der Waals surface area (Å²) < 4.78 is 8.88. The Kier molecular flexibility index (Phi) is 14.4. The molecule has 7 nitrogen and oxygen atoms in total.